The van der Waals surface area contributed by atoms with E-state index in [4.69, 9.17) is 0 Å². The zero-order valence-corrected chi connectivity index (χ0v) is 21.3. The quantitative estimate of drug-likeness (QED) is 0.380. The van der Waals surface area contributed by atoms with Crippen LogP contribution in [-0.4, -0.2) is 31.7 Å². The summed E-state index contributed by atoms with van der Waals surface area (Å²) in [5, 5.41) is 2.99. The Bertz CT molecular complexity index is 1160. The second-order valence-corrected chi connectivity index (χ2v) is 10.6. The summed E-state index contributed by atoms with van der Waals surface area (Å²) in [7, 11) is -3.83. The molecular formula is C26H29BrN2O3S. The number of amides is 1. The van der Waals surface area contributed by atoms with Gasteiger partial charge in [-0.25, -0.2) is 8.42 Å². The van der Waals surface area contributed by atoms with Crippen molar-refractivity contribution in [3.05, 3.63) is 94.0 Å². The van der Waals surface area contributed by atoms with Crippen LogP contribution >= 0.6 is 15.9 Å². The molecule has 174 valence electrons. The molecule has 0 bridgehead atoms. The van der Waals surface area contributed by atoms with Gasteiger partial charge in [0.25, 0.3) is 0 Å². The van der Waals surface area contributed by atoms with Crippen molar-refractivity contribution in [1.82, 2.24) is 4.31 Å². The zero-order valence-electron chi connectivity index (χ0n) is 18.9. The Morgan fingerprint density at radius 3 is 2.00 bits per heavy atom. The molecule has 33 heavy (non-hydrogen) atoms. The first-order valence-electron chi connectivity index (χ1n) is 11.1. The number of benzene rings is 3. The lowest BCUT2D eigenvalue weighted by Crippen LogP contribution is -2.39. The largest absolute Gasteiger partial charge is 0.324 e. The smallest absolute Gasteiger partial charge is 0.243 e. The fourth-order valence-electron chi connectivity index (χ4n) is 3.71. The molecule has 0 unspecified atom stereocenters. The van der Waals surface area contributed by atoms with Gasteiger partial charge in [0.05, 0.1) is 11.4 Å². The molecule has 0 radical (unpaired) electrons. The van der Waals surface area contributed by atoms with Crippen LogP contribution in [0.3, 0.4) is 0 Å². The molecule has 3 rings (SSSR count). The summed E-state index contributed by atoms with van der Waals surface area (Å²) in [5.74, 6) is -0.353. The molecule has 0 atom stereocenters. The topological polar surface area (TPSA) is 66.5 Å². The maximum Gasteiger partial charge on any atom is 0.243 e. The van der Waals surface area contributed by atoms with E-state index in [1.165, 1.54) is 4.31 Å². The number of anilines is 1. The number of nitrogens with zero attached hydrogens (tertiary/aromatic N) is 1. The highest BCUT2D eigenvalue weighted by Crippen LogP contribution is 2.28. The number of carbonyl (C=O) groups excluding carboxylic acids is 1. The van der Waals surface area contributed by atoms with Crippen LogP contribution in [0.1, 0.15) is 30.5 Å². The second-order valence-electron chi connectivity index (χ2n) is 7.74. The van der Waals surface area contributed by atoms with Crippen molar-refractivity contribution >= 4 is 37.5 Å². The first kappa shape index (κ1) is 25.1. The second kappa shape index (κ2) is 11.6. The van der Waals surface area contributed by atoms with Crippen LogP contribution in [0.15, 0.2) is 82.2 Å². The van der Waals surface area contributed by atoms with Crippen molar-refractivity contribution in [2.75, 3.05) is 18.4 Å². The molecule has 1 N–H and O–H groups in total. The van der Waals surface area contributed by atoms with Crippen molar-refractivity contribution in [2.45, 2.75) is 38.0 Å². The van der Waals surface area contributed by atoms with E-state index >= 15 is 0 Å². The summed E-state index contributed by atoms with van der Waals surface area (Å²) in [5.41, 5.74) is 3.81. The highest BCUT2D eigenvalue weighted by molar-refractivity contribution is 9.10. The molecule has 0 spiro atoms. The fourth-order valence-corrected chi connectivity index (χ4v) is 5.68. The van der Waals surface area contributed by atoms with Crippen LogP contribution in [0.4, 0.5) is 5.69 Å². The number of aryl methyl sites for hydroxylation is 2. The standard InChI is InChI=1S/C26H29BrN2O3S/c1-3-21-17-23(27)18-22(4-2)26(21)28-25(30)19-29(16-15-20-11-7-5-8-12-20)33(31,32)24-13-9-6-10-14-24/h5-14,17-18H,3-4,15-16,19H2,1-2H3,(H,28,30). The molecule has 0 saturated carbocycles. The number of hydrogen-bond acceptors (Lipinski definition) is 3. The SMILES string of the molecule is CCc1cc(Br)cc(CC)c1NC(=O)CN(CCc1ccccc1)S(=O)(=O)c1ccccc1. The van der Waals surface area contributed by atoms with Crippen LogP contribution in [-0.2, 0) is 34.1 Å². The van der Waals surface area contributed by atoms with E-state index in [9.17, 15) is 13.2 Å². The van der Waals surface area contributed by atoms with Crippen molar-refractivity contribution < 1.29 is 13.2 Å². The highest BCUT2D eigenvalue weighted by Gasteiger charge is 2.27. The van der Waals surface area contributed by atoms with Crippen molar-refractivity contribution in [3.63, 3.8) is 0 Å². The number of nitrogens with one attached hydrogen (secondary N) is 1. The Hall–Kier alpha value is -2.48. The van der Waals surface area contributed by atoms with Crippen LogP contribution in [0.25, 0.3) is 0 Å². The van der Waals surface area contributed by atoms with E-state index in [0.29, 0.717) is 6.42 Å². The van der Waals surface area contributed by atoms with Gasteiger partial charge in [-0.05, 0) is 60.2 Å². The summed E-state index contributed by atoms with van der Waals surface area (Å²) in [6.45, 7) is 4.01. The number of carbonyl (C=O) groups is 1. The Morgan fingerprint density at radius 1 is 0.909 bits per heavy atom. The first-order chi connectivity index (χ1) is 15.8. The molecule has 3 aromatic rings. The molecule has 0 aromatic heterocycles. The highest BCUT2D eigenvalue weighted by atomic mass is 79.9. The van der Waals surface area contributed by atoms with Crippen molar-refractivity contribution in [2.24, 2.45) is 0 Å². The van der Waals surface area contributed by atoms with Gasteiger partial charge in [0.2, 0.25) is 15.9 Å². The van der Waals surface area contributed by atoms with Gasteiger partial charge in [0.15, 0.2) is 0 Å². The molecule has 3 aromatic carbocycles. The first-order valence-corrected chi connectivity index (χ1v) is 13.3. The molecule has 0 aliphatic carbocycles. The van der Waals surface area contributed by atoms with E-state index in [-0.39, 0.29) is 23.9 Å². The molecule has 5 nitrogen and oxygen atoms in total. The monoisotopic (exact) mass is 528 g/mol. The maximum atomic E-state index is 13.4. The lowest BCUT2D eigenvalue weighted by Gasteiger charge is -2.23. The predicted octanol–water partition coefficient (Wildman–Crippen LogP) is 5.45. The van der Waals surface area contributed by atoms with Crippen LogP contribution in [0, 0.1) is 0 Å². The molecule has 0 fully saturated rings. The molecule has 0 saturated heterocycles. The number of hydrogen-bond donors (Lipinski definition) is 1. The Kier molecular flexibility index (Phi) is 8.83. The molecular weight excluding hydrogens is 500 g/mol. The Morgan fingerprint density at radius 2 is 1.45 bits per heavy atom. The summed E-state index contributed by atoms with van der Waals surface area (Å²) in [4.78, 5) is 13.3. The average molecular weight is 530 g/mol. The lowest BCUT2D eigenvalue weighted by atomic mass is 10.0. The summed E-state index contributed by atoms with van der Waals surface area (Å²) in [6, 6.07) is 21.9. The number of sulfonamides is 1. The van der Waals surface area contributed by atoms with Crippen LogP contribution in [0.5, 0.6) is 0 Å². The van der Waals surface area contributed by atoms with Crippen molar-refractivity contribution in [3.8, 4) is 0 Å². The molecule has 0 aliphatic heterocycles. The third-order valence-corrected chi connectivity index (χ3v) is 7.80. The molecule has 0 aliphatic rings. The summed E-state index contributed by atoms with van der Waals surface area (Å²) in [6.07, 6.45) is 2.02. The Balaban J connectivity index is 1.86. The van der Waals surface area contributed by atoms with Crippen LogP contribution < -0.4 is 5.32 Å². The maximum absolute atomic E-state index is 13.4. The van der Waals surface area contributed by atoms with Gasteiger partial charge >= 0.3 is 0 Å². The van der Waals surface area contributed by atoms with E-state index in [0.717, 1.165) is 39.7 Å². The lowest BCUT2D eigenvalue weighted by molar-refractivity contribution is -0.116. The third kappa shape index (κ3) is 6.53. The van der Waals surface area contributed by atoms with Gasteiger partial charge in [-0.3, -0.25) is 4.79 Å². The Labute approximate surface area is 205 Å². The van der Waals surface area contributed by atoms with Gasteiger partial charge in [-0.2, -0.15) is 4.31 Å². The molecule has 0 heterocycles. The van der Waals surface area contributed by atoms with E-state index in [1.807, 2.05) is 56.3 Å². The van der Waals surface area contributed by atoms with Crippen molar-refractivity contribution in [1.29, 1.82) is 0 Å². The van der Waals surface area contributed by atoms with Gasteiger partial charge in [0.1, 0.15) is 0 Å². The predicted molar refractivity (Wildman–Crippen MR) is 137 cm³/mol. The van der Waals surface area contributed by atoms with E-state index in [1.54, 1.807) is 30.3 Å². The fraction of sp³-hybridized carbons (Fsp3) is 0.269. The van der Waals surface area contributed by atoms with Gasteiger partial charge in [0, 0.05) is 16.7 Å². The minimum absolute atomic E-state index is 0.179. The van der Waals surface area contributed by atoms with Gasteiger partial charge in [-0.15, -0.1) is 0 Å². The summed E-state index contributed by atoms with van der Waals surface area (Å²) < 4.78 is 29.0. The average Bonchev–Trinajstić information content (AvgIpc) is 2.83. The van der Waals surface area contributed by atoms with E-state index < -0.39 is 10.0 Å². The summed E-state index contributed by atoms with van der Waals surface area (Å²) >= 11 is 3.53. The normalized spacial score (nSPS) is 11.5. The zero-order chi connectivity index (χ0) is 23.8. The van der Waals surface area contributed by atoms with E-state index in [2.05, 4.69) is 21.2 Å². The molecule has 7 heteroatoms. The van der Waals surface area contributed by atoms with Crippen LogP contribution in [0.2, 0.25) is 0 Å². The minimum Gasteiger partial charge on any atom is -0.324 e. The minimum atomic E-state index is -3.83. The number of halogens is 1. The van der Waals surface area contributed by atoms with Gasteiger partial charge in [-0.1, -0.05) is 78.3 Å². The van der Waals surface area contributed by atoms with Gasteiger partial charge < -0.3 is 5.32 Å². The molecule has 1 amide bonds. The third-order valence-electron chi connectivity index (χ3n) is 5.49. The number of rotatable bonds is 10.